The van der Waals surface area contributed by atoms with Crippen molar-refractivity contribution in [1.82, 2.24) is 5.32 Å². The Labute approximate surface area is 115 Å². The van der Waals surface area contributed by atoms with E-state index < -0.39 is 0 Å². The Hall–Kier alpha value is -1.55. The number of ether oxygens (including phenoxy) is 1. The number of carbonyl (C=O) groups is 1. The zero-order valence-electron chi connectivity index (χ0n) is 12.0. The van der Waals surface area contributed by atoms with Crippen LogP contribution in [0.3, 0.4) is 0 Å². The number of nitrogens with two attached hydrogens (primary N) is 1. The lowest BCUT2D eigenvalue weighted by molar-refractivity contribution is 0.0466. The summed E-state index contributed by atoms with van der Waals surface area (Å²) >= 11 is 0. The largest absolute Gasteiger partial charge is 0.460 e. The van der Waals surface area contributed by atoms with Crippen molar-refractivity contribution in [2.45, 2.75) is 45.7 Å². The monoisotopic (exact) mass is 264 g/mol. The third-order valence-electron chi connectivity index (χ3n) is 3.12. The molecule has 0 fully saturated rings. The molecule has 0 aliphatic rings. The normalized spacial score (nSPS) is 12.4. The molecule has 0 aliphatic heterocycles. The second-order valence-corrected chi connectivity index (χ2v) is 4.80. The highest BCUT2D eigenvalue weighted by Gasteiger charge is 2.12. The third-order valence-corrected chi connectivity index (χ3v) is 3.12. The first kappa shape index (κ1) is 15.5. The molecule has 3 N–H and O–H groups in total. The van der Waals surface area contributed by atoms with Crippen molar-refractivity contribution < 1.29 is 9.53 Å². The Bertz CT molecular complexity index is 386. The Kier molecular flexibility index (Phi) is 6.36. The summed E-state index contributed by atoms with van der Waals surface area (Å²) in [6.07, 6.45) is 2.15. The third kappa shape index (κ3) is 5.30. The molecule has 0 heterocycles. The molecule has 0 aromatic heterocycles. The molecule has 19 heavy (non-hydrogen) atoms. The van der Waals surface area contributed by atoms with Crippen LogP contribution < -0.4 is 11.1 Å². The standard InChI is InChI=1S/C15H24N2O2/c1-4-14(5-2)17-11(3)10-19-15(18)12-6-8-13(16)9-7-12/h6-9,11,14,17H,4-5,10,16H2,1-3H3. The summed E-state index contributed by atoms with van der Waals surface area (Å²) in [5.41, 5.74) is 6.74. The van der Waals surface area contributed by atoms with Gasteiger partial charge in [0.1, 0.15) is 6.61 Å². The summed E-state index contributed by atoms with van der Waals surface area (Å²) in [7, 11) is 0. The van der Waals surface area contributed by atoms with E-state index in [1.807, 2.05) is 6.92 Å². The maximum atomic E-state index is 11.8. The molecule has 1 unspecified atom stereocenters. The topological polar surface area (TPSA) is 64.3 Å². The summed E-state index contributed by atoms with van der Waals surface area (Å²) in [5.74, 6) is -0.307. The molecule has 4 heteroatoms. The van der Waals surface area contributed by atoms with E-state index in [9.17, 15) is 4.79 Å². The summed E-state index contributed by atoms with van der Waals surface area (Å²) in [5, 5.41) is 3.44. The summed E-state index contributed by atoms with van der Waals surface area (Å²) in [6.45, 7) is 6.69. The van der Waals surface area contributed by atoms with E-state index in [0.717, 1.165) is 12.8 Å². The molecule has 0 radical (unpaired) electrons. The summed E-state index contributed by atoms with van der Waals surface area (Å²) in [6, 6.07) is 7.38. The van der Waals surface area contributed by atoms with Gasteiger partial charge in [-0.25, -0.2) is 4.79 Å². The fraction of sp³-hybridized carbons (Fsp3) is 0.533. The first-order valence-corrected chi connectivity index (χ1v) is 6.85. The predicted molar refractivity (Wildman–Crippen MR) is 78.1 cm³/mol. The van der Waals surface area contributed by atoms with Crippen LogP contribution in [0.2, 0.25) is 0 Å². The maximum absolute atomic E-state index is 11.8. The van der Waals surface area contributed by atoms with Crippen LogP contribution in [-0.4, -0.2) is 24.7 Å². The van der Waals surface area contributed by atoms with E-state index in [2.05, 4.69) is 19.2 Å². The molecule has 1 aromatic rings. The molecule has 0 aliphatic carbocycles. The Morgan fingerprint density at radius 1 is 1.26 bits per heavy atom. The number of esters is 1. The Balaban J connectivity index is 2.39. The molecule has 0 saturated heterocycles. The van der Waals surface area contributed by atoms with E-state index in [1.165, 1.54) is 0 Å². The van der Waals surface area contributed by atoms with Crippen LogP contribution in [0.5, 0.6) is 0 Å². The first-order valence-electron chi connectivity index (χ1n) is 6.85. The minimum absolute atomic E-state index is 0.155. The molecule has 0 bridgehead atoms. The van der Waals surface area contributed by atoms with E-state index >= 15 is 0 Å². The number of benzene rings is 1. The van der Waals surface area contributed by atoms with Gasteiger partial charge in [0.15, 0.2) is 0 Å². The zero-order chi connectivity index (χ0) is 14.3. The number of hydrogen-bond acceptors (Lipinski definition) is 4. The van der Waals surface area contributed by atoms with Crippen LogP contribution >= 0.6 is 0 Å². The van der Waals surface area contributed by atoms with Gasteiger partial charge in [-0.2, -0.15) is 0 Å². The van der Waals surface area contributed by atoms with Gasteiger partial charge in [0.2, 0.25) is 0 Å². The van der Waals surface area contributed by atoms with Crippen LogP contribution in [0.1, 0.15) is 44.0 Å². The van der Waals surface area contributed by atoms with Gasteiger partial charge < -0.3 is 15.8 Å². The average Bonchev–Trinajstić information content (AvgIpc) is 2.43. The number of carbonyl (C=O) groups excluding carboxylic acids is 1. The van der Waals surface area contributed by atoms with E-state index in [1.54, 1.807) is 24.3 Å². The van der Waals surface area contributed by atoms with Gasteiger partial charge in [-0.05, 0) is 44.0 Å². The number of nitrogen functional groups attached to an aromatic ring is 1. The molecule has 4 nitrogen and oxygen atoms in total. The van der Waals surface area contributed by atoms with Crippen LogP contribution in [0.25, 0.3) is 0 Å². The van der Waals surface area contributed by atoms with Gasteiger partial charge in [0, 0.05) is 17.8 Å². The van der Waals surface area contributed by atoms with Crippen LogP contribution in [-0.2, 0) is 4.74 Å². The number of rotatable bonds is 7. The van der Waals surface area contributed by atoms with Crippen molar-refractivity contribution in [3.05, 3.63) is 29.8 Å². The molecule has 0 amide bonds. The lowest BCUT2D eigenvalue weighted by Gasteiger charge is -2.20. The van der Waals surface area contributed by atoms with Crippen molar-refractivity contribution in [1.29, 1.82) is 0 Å². The molecular formula is C15H24N2O2. The number of anilines is 1. The molecule has 1 rings (SSSR count). The second kappa shape index (κ2) is 7.79. The predicted octanol–water partition coefficient (Wildman–Crippen LogP) is 2.59. The highest BCUT2D eigenvalue weighted by atomic mass is 16.5. The zero-order valence-corrected chi connectivity index (χ0v) is 12.0. The van der Waals surface area contributed by atoms with Gasteiger partial charge in [0.25, 0.3) is 0 Å². The van der Waals surface area contributed by atoms with Crippen LogP contribution in [0.4, 0.5) is 5.69 Å². The Morgan fingerprint density at radius 3 is 2.37 bits per heavy atom. The van der Waals surface area contributed by atoms with E-state index in [0.29, 0.717) is 23.9 Å². The highest BCUT2D eigenvalue weighted by molar-refractivity contribution is 5.89. The van der Waals surface area contributed by atoms with Gasteiger partial charge in [-0.3, -0.25) is 0 Å². The molecule has 1 atom stereocenters. The lowest BCUT2D eigenvalue weighted by atomic mass is 10.1. The second-order valence-electron chi connectivity index (χ2n) is 4.80. The molecule has 106 valence electrons. The number of hydrogen-bond donors (Lipinski definition) is 2. The van der Waals surface area contributed by atoms with Crippen molar-refractivity contribution >= 4 is 11.7 Å². The van der Waals surface area contributed by atoms with Crippen molar-refractivity contribution in [2.75, 3.05) is 12.3 Å². The van der Waals surface area contributed by atoms with Crippen molar-refractivity contribution in [3.63, 3.8) is 0 Å². The van der Waals surface area contributed by atoms with Crippen LogP contribution in [0, 0.1) is 0 Å². The van der Waals surface area contributed by atoms with E-state index in [4.69, 9.17) is 10.5 Å². The fourth-order valence-electron chi connectivity index (χ4n) is 1.88. The SMILES string of the molecule is CCC(CC)NC(C)COC(=O)c1ccc(N)cc1. The van der Waals surface area contributed by atoms with E-state index in [-0.39, 0.29) is 12.0 Å². The van der Waals surface area contributed by atoms with Gasteiger partial charge >= 0.3 is 5.97 Å². The molecule has 0 saturated carbocycles. The smallest absolute Gasteiger partial charge is 0.338 e. The maximum Gasteiger partial charge on any atom is 0.338 e. The highest BCUT2D eigenvalue weighted by Crippen LogP contribution is 2.07. The molecule has 0 spiro atoms. The van der Waals surface area contributed by atoms with Gasteiger partial charge in [0.05, 0.1) is 5.56 Å². The quantitative estimate of drug-likeness (QED) is 0.587. The van der Waals surface area contributed by atoms with Crippen LogP contribution in [0.15, 0.2) is 24.3 Å². The van der Waals surface area contributed by atoms with Gasteiger partial charge in [-0.15, -0.1) is 0 Å². The summed E-state index contributed by atoms with van der Waals surface area (Å²) in [4.78, 5) is 11.8. The minimum Gasteiger partial charge on any atom is -0.460 e. The fourth-order valence-corrected chi connectivity index (χ4v) is 1.88. The van der Waals surface area contributed by atoms with Crippen molar-refractivity contribution in [3.8, 4) is 0 Å². The minimum atomic E-state index is -0.307. The first-order chi connectivity index (χ1) is 9.06. The van der Waals surface area contributed by atoms with Crippen molar-refractivity contribution in [2.24, 2.45) is 0 Å². The van der Waals surface area contributed by atoms with Gasteiger partial charge in [-0.1, -0.05) is 13.8 Å². The molecular weight excluding hydrogens is 240 g/mol. The summed E-state index contributed by atoms with van der Waals surface area (Å²) < 4.78 is 5.28. The number of nitrogens with one attached hydrogen (secondary N) is 1. The molecule has 1 aromatic carbocycles. The Morgan fingerprint density at radius 2 is 1.84 bits per heavy atom. The average molecular weight is 264 g/mol. The lowest BCUT2D eigenvalue weighted by Crippen LogP contribution is -2.39.